The van der Waals surface area contributed by atoms with Crippen LogP contribution in [0.4, 0.5) is 0 Å². The van der Waals surface area contributed by atoms with Gasteiger partial charge >= 0.3 is 0 Å². The van der Waals surface area contributed by atoms with E-state index in [0.29, 0.717) is 0 Å². The molecular formula is C24H16N4O. The molecular weight excluding hydrogens is 360 g/mol. The number of fused-ring (bicyclic) bond motifs is 4. The average Bonchev–Trinajstić information content (AvgIpc) is 3.34. The van der Waals surface area contributed by atoms with Crippen molar-refractivity contribution in [1.29, 1.82) is 0 Å². The zero-order chi connectivity index (χ0) is 19.4. The van der Waals surface area contributed by atoms with Crippen LogP contribution in [0.25, 0.3) is 50.0 Å². The largest absolute Gasteiger partial charge is 0.455 e. The van der Waals surface area contributed by atoms with Gasteiger partial charge in [-0.1, -0.05) is 42.5 Å². The first kappa shape index (κ1) is 16.0. The lowest BCUT2D eigenvalue weighted by Crippen LogP contribution is -1.98. The van der Waals surface area contributed by atoms with Crippen molar-refractivity contribution in [2.45, 2.75) is 6.92 Å². The van der Waals surface area contributed by atoms with Crippen LogP contribution < -0.4 is 0 Å². The standard InChI is InChI=1S/C24H16N4O/c1-15-11-12-18(23-22(15)17-9-5-6-10-21(17)29-23)24-27-19-13-25-26-14-20(19)28(24)16-7-3-2-4-8-16/h2-14H,1H3. The molecule has 0 spiro atoms. The number of nitrogens with zero attached hydrogens (tertiary/aromatic N) is 4. The predicted octanol–water partition coefficient (Wildman–Crippen LogP) is 5.69. The number of imidazole rings is 1. The van der Waals surface area contributed by atoms with Crippen LogP contribution in [-0.4, -0.2) is 19.7 Å². The van der Waals surface area contributed by atoms with Gasteiger partial charge < -0.3 is 4.42 Å². The molecule has 0 bridgehead atoms. The van der Waals surface area contributed by atoms with Crippen LogP contribution in [0, 0.1) is 6.92 Å². The van der Waals surface area contributed by atoms with Crippen LogP contribution in [0.2, 0.25) is 0 Å². The SMILES string of the molecule is Cc1ccc(-c2nc3cnncc3n2-c2ccccc2)c2oc3ccccc3c12. The molecule has 6 rings (SSSR count). The Kier molecular flexibility index (Phi) is 3.32. The van der Waals surface area contributed by atoms with Gasteiger partial charge in [0.1, 0.15) is 22.5 Å². The van der Waals surface area contributed by atoms with Crippen molar-refractivity contribution in [1.82, 2.24) is 19.7 Å². The Balaban J connectivity index is 1.76. The molecule has 0 atom stereocenters. The molecule has 6 aromatic rings. The minimum Gasteiger partial charge on any atom is -0.455 e. The van der Waals surface area contributed by atoms with Crippen molar-refractivity contribution >= 4 is 33.0 Å². The Morgan fingerprint density at radius 1 is 0.828 bits per heavy atom. The molecule has 0 amide bonds. The zero-order valence-corrected chi connectivity index (χ0v) is 15.7. The molecule has 3 aromatic heterocycles. The van der Waals surface area contributed by atoms with E-state index in [1.807, 2.05) is 36.4 Å². The molecule has 0 aliphatic carbocycles. The second-order valence-electron chi connectivity index (χ2n) is 7.10. The second-order valence-corrected chi connectivity index (χ2v) is 7.10. The van der Waals surface area contributed by atoms with Gasteiger partial charge in [0.15, 0.2) is 0 Å². The Bertz CT molecular complexity index is 1510. The molecule has 138 valence electrons. The van der Waals surface area contributed by atoms with Gasteiger partial charge in [-0.15, -0.1) is 0 Å². The first-order chi connectivity index (χ1) is 14.3. The monoisotopic (exact) mass is 376 g/mol. The van der Waals surface area contributed by atoms with E-state index in [1.165, 1.54) is 5.56 Å². The Labute approximate surface area is 166 Å². The molecule has 5 nitrogen and oxygen atoms in total. The molecule has 0 radical (unpaired) electrons. The van der Waals surface area contributed by atoms with Gasteiger partial charge in [0, 0.05) is 16.5 Å². The molecule has 3 aromatic carbocycles. The van der Waals surface area contributed by atoms with Crippen molar-refractivity contribution < 1.29 is 4.42 Å². The molecule has 0 saturated carbocycles. The Morgan fingerprint density at radius 3 is 2.52 bits per heavy atom. The van der Waals surface area contributed by atoms with Crippen molar-refractivity contribution in [3.05, 3.63) is 84.7 Å². The van der Waals surface area contributed by atoms with Gasteiger partial charge in [-0.25, -0.2) is 4.98 Å². The smallest absolute Gasteiger partial charge is 0.149 e. The minimum atomic E-state index is 0.795. The molecule has 0 aliphatic rings. The summed E-state index contributed by atoms with van der Waals surface area (Å²) in [7, 11) is 0. The Hall–Kier alpha value is -3.99. The number of benzene rings is 3. The summed E-state index contributed by atoms with van der Waals surface area (Å²) >= 11 is 0. The van der Waals surface area contributed by atoms with Gasteiger partial charge in [0.05, 0.1) is 23.5 Å². The maximum absolute atomic E-state index is 6.32. The van der Waals surface area contributed by atoms with Crippen LogP contribution in [0.5, 0.6) is 0 Å². The second kappa shape index (κ2) is 6.01. The lowest BCUT2D eigenvalue weighted by molar-refractivity contribution is 0.669. The van der Waals surface area contributed by atoms with Crippen molar-refractivity contribution in [2.75, 3.05) is 0 Å². The fourth-order valence-corrected chi connectivity index (χ4v) is 4.03. The summed E-state index contributed by atoms with van der Waals surface area (Å²) in [6.45, 7) is 2.11. The lowest BCUT2D eigenvalue weighted by Gasteiger charge is -2.10. The number of hydrogen-bond acceptors (Lipinski definition) is 4. The van der Waals surface area contributed by atoms with E-state index in [1.54, 1.807) is 12.4 Å². The van der Waals surface area contributed by atoms with E-state index in [-0.39, 0.29) is 0 Å². The van der Waals surface area contributed by atoms with Crippen molar-refractivity contribution in [2.24, 2.45) is 0 Å². The number of furan rings is 1. The van der Waals surface area contributed by atoms with Crippen LogP contribution in [0.3, 0.4) is 0 Å². The summed E-state index contributed by atoms with van der Waals surface area (Å²) in [6, 6.07) is 22.5. The average molecular weight is 376 g/mol. The van der Waals surface area contributed by atoms with Crippen molar-refractivity contribution in [3.63, 3.8) is 0 Å². The summed E-state index contributed by atoms with van der Waals surface area (Å²) in [6.07, 6.45) is 3.45. The quantitative estimate of drug-likeness (QED) is 0.389. The molecule has 0 fully saturated rings. The summed E-state index contributed by atoms with van der Waals surface area (Å²) in [4.78, 5) is 4.91. The first-order valence-corrected chi connectivity index (χ1v) is 9.47. The zero-order valence-electron chi connectivity index (χ0n) is 15.7. The van der Waals surface area contributed by atoms with Gasteiger partial charge in [0.2, 0.25) is 0 Å². The molecule has 0 unspecified atom stereocenters. The minimum absolute atomic E-state index is 0.795. The van der Waals surface area contributed by atoms with Crippen LogP contribution in [-0.2, 0) is 0 Å². The maximum atomic E-state index is 6.32. The van der Waals surface area contributed by atoms with E-state index in [9.17, 15) is 0 Å². The summed E-state index contributed by atoms with van der Waals surface area (Å²) in [5.41, 5.74) is 6.57. The number of rotatable bonds is 2. The molecule has 29 heavy (non-hydrogen) atoms. The Morgan fingerprint density at radius 2 is 1.62 bits per heavy atom. The summed E-state index contributed by atoms with van der Waals surface area (Å²) < 4.78 is 8.43. The third-order valence-corrected chi connectivity index (χ3v) is 5.36. The van der Waals surface area contributed by atoms with Gasteiger partial charge in [-0.2, -0.15) is 10.2 Å². The number of para-hydroxylation sites is 2. The fourth-order valence-electron chi connectivity index (χ4n) is 4.03. The number of aryl methyl sites for hydroxylation is 1. The van der Waals surface area contributed by atoms with Crippen LogP contribution in [0.1, 0.15) is 5.56 Å². The van der Waals surface area contributed by atoms with E-state index in [4.69, 9.17) is 9.40 Å². The maximum Gasteiger partial charge on any atom is 0.149 e. The van der Waals surface area contributed by atoms with Gasteiger partial charge in [-0.05, 0) is 36.8 Å². The molecule has 0 N–H and O–H groups in total. The first-order valence-electron chi connectivity index (χ1n) is 9.47. The molecule has 0 aliphatic heterocycles. The third-order valence-electron chi connectivity index (χ3n) is 5.36. The molecule has 5 heteroatoms. The molecule has 0 saturated heterocycles. The normalized spacial score (nSPS) is 11.6. The lowest BCUT2D eigenvalue weighted by atomic mass is 10.0. The fraction of sp³-hybridized carbons (Fsp3) is 0.0417. The summed E-state index contributed by atoms with van der Waals surface area (Å²) in [5, 5.41) is 10.3. The number of hydrogen-bond donors (Lipinski definition) is 0. The van der Waals surface area contributed by atoms with Gasteiger partial charge in [0.25, 0.3) is 0 Å². The summed E-state index contributed by atoms with van der Waals surface area (Å²) in [5.74, 6) is 0.810. The highest BCUT2D eigenvalue weighted by Crippen LogP contribution is 2.38. The highest BCUT2D eigenvalue weighted by Gasteiger charge is 2.20. The topological polar surface area (TPSA) is 56.7 Å². The molecule has 3 heterocycles. The third kappa shape index (κ3) is 2.31. The van der Waals surface area contributed by atoms with Crippen molar-refractivity contribution in [3.8, 4) is 17.1 Å². The van der Waals surface area contributed by atoms with E-state index in [2.05, 4.69) is 52.0 Å². The van der Waals surface area contributed by atoms with Crippen LogP contribution >= 0.6 is 0 Å². The van der Waals surface area contributed by atoms with E-state index < -0.39 is 0 Å². The van der Waals surface area contributed by atoms with Gasteiger partial charge in [-0.3, -0.25) is 4.57 Å². The number of aromatic nitrogens is 4. The highest BCUT2D eigenvalue weighted by atomic mass is 16.3. The highest BCUT2D eigenvalue weighted by molar-refractivity contribution is 6.11. The van der Waals surface area contributed by atoms with E-state index >= 15 is 0 Å². The van der Waals surface area contributed by atoms with Crippen LogP contribution in [0.15, 0.2) is 83.5 Å². The van der Waals surface area contributed by atoms with E-state index in [0.717, 1.165) is 50.0 Å². The predicted molar refractivity (Wildman–Crippen MR) is 114 cm³/mol.